The van der Waals surface area contributed by atoms with E-state index in [1.54, 1.807) is 12.1 Å². The number of hydrogen-bond donors (Lipinski definition) is 2. The predicted octanol–water partition coefficient (Wildman–Crippen LogP) is 4.53. The van der Waals surface area contributed by atoms with Crippen LogP contribution in [0, 0.1) is 0 Å². The molecule has 0 aliphatic rings. The molecule has 0 saturated heterocycles. The van der Waals surface area contributed by atoms with Gasteiger partial charge in [-0.1, -0.05) is 41.9 Å². The maximum atomic E-state index is 12.2. The third kappa shape index (κ3) is 4.19. The highest BCUT2D eigenvalue weighted by Gasteiger charge is 2.34. The van der Waals surface area contributed by atoms with Crippen molar-refractivity contribution in [3.8, 4) is 0 Å². The molecule has 1 amide bonds. The van der Waals surface area contributed by atoms with Crippen molar-refractivity contribution in [3.63, 3.8) is 0 Å². The Balaban J connectivity index is 1.72. The summed E-state index contributed by atoms with van der Waals surface area (Å²) in [5.41, 5.74) is -0.456. The normalized spacial score (nSPS) is 11.8. The van der Waals surface area contributed by atoms with Gasteiger partial charge in [-0.15, -0.1) is 22.7 Å². The molecule has 0 aliphatic carbocycles. The summed E-state index contributed by atoms with van der Waals surface area (Å²) >= 11 is 9.00. The lowest BCUT2D eigenvalue weighted by atomic mass is 10.00. The number of amides is 1. The number of halogens is 1. The standard InChI is InChI=1S/C19H16ClNO2S2/c20-15-6-2-1-5-14(15)9-10-18(22)21-13-19(23,16-7-3-11-24-16)17-8-4-12-25-17/h1-12,23H,13H2,(H,21,22). The minimum atomic E-state index is -1.23. The van der Waals surface area contributed by atoms with E-state index < -0.39 is 5.60 Å². The van der Waals surface area contributed by atoms with E-state index in [4.69, 9.17) is 11.6 Å². The van der Waals surface area contributed by atoms with Crippen molar-refractivity contribution in [2.75, 3.05) is 6.54 Å². The molecule has 3 rings (SSSR count). The van der Waals surface area contributed by atoms with E-state index in [-0.39, 0.29) is 12.5 Å². The van der Waals surface area contributed by atoms with Gasteiger partial charge < -0.3 is 10.4 Å². The summed E-state index contributed by atoms with van der Waals surface area (Å²) in [7, 11) is 0. The van der Waals surface area contributed by atoms with Crippen LogP contribution in [0.2, 0.25) is 5.02 Å². The molecule has 0 atom stereocenters. The molecule has 1 aromatic carbocycles. The molecule has 0 saturated carbocycles. The number of nitrogens with one attached hydrogen (secondary N) is 1. The number of hydrogen-bond acceptors (Lipinski definition) is 4. The van der Waals surface area contributed by atoms with Gasteiger partial charge in [-0.3, -0.25) is 4.79 Å². The number of thiophene rings is 2. The van der Waals surface area contributed by atoms with Crippen LogP contribution in [-0.4, -0.2) is 17.6 Å². The predicted molar refractivity (Wildman–Crippen MR) is 105 cm³/mol. The van der Waals surface area contributed by atoms with Crippen LogP contribution >= 0.6 is 34.3 Å². The number of benzene rings is 1. The highest BCUT2D eigenvalue weighted by Crippen LogP contribution is 2.34. The summed E-state index contributed by atoms with van der Waals surface area (Å²) in [4.78, 5) is 13.8. The first-order chi connectivity index (χ1) is 12.1. The van der Waals surface area contributed by atoms with E-state index in [1.807, 2.05) is 53.2 Å². The number of carbonyl (C=O) groups excluding carboxylic acids is 1. The van der Waals surface area contributed by atoms with E-state index in [2.05, 4.69) is 5.32 Å². The average molecular weight is 390 g/mol. The van der Waals surface area contributed by atoms with Crippen molar-refractivity contribution in [3.05, 3.63) is 85.7 Å². The summed E-state index contributed by atoms with van der Waals surface area (Å²) in [5.74, 6) is -0.286. The van der Waals surface area contributed by atoms with Crippen molar-refractivity contribution in [2.24, 2.45) is 0 Å². The lowest BCUT2D eigenvalue weighted by Crippen LogP contribution is -2.40. The summed E-state index contributed by atoms with van der Waals surface area (Å²) in [5, 5.41) is 18.4. The molecule has 2 N–H and O–H groups in total. The van der Waals surface area contributed by atoms with Crippen molar-refractivity contribution in [1.82, 2.24) is 5.32 Å². The second-order valence-corrected chi connectivity index (χ2v) is 7.69. The molecule has 2 heterocycles. The van der Waals surface area contributed by atoms with Crippen LogP contribution in [0.1, 0.15) is 15.3 Å². The molecule has 3 aromatic rings. The Morgan fingerprint density at radius 1 is 1.08 bits per heavy atom. The van der Waals surface area contributed by atoms with Gasteiger partial charge in [0.05, 0.1) is 6.54 Å². The molecule has 128 valence electrons. The van der Waals surface area contributed by atoms with Gasteiger partial charge in [-0.2, -0.15) is 0 Å². The fourth-order valence-electron chi connectivity index (χ4n) is 2.37. The minimum absolute atomic E-state index is 0.0969. The Labute approximate surface area is 159 Å². The molecule has 0 aliphatic heterocycles. The first kappa shape index (κ1) is 17.9. The molecular weight excluding hydrogens is 374 g/mol. The monoisotopic (exact) mass is 389 g/mol. The average Bonchev–Trinajstić information content (AvgIpc) is 3.32. The fourth-order valence-corrected chi connectivity index (χ4v) is 4.31. The van der Waals surface area contributed by atoms with Crippen LogP contribution in [0.15, 0.2) is 65.4 Å². The van der Waals surface area contributed by atoms with Crippen molar-refractivity contribution in [1.29, 1.82) is 0 Å². The van der Waals surface area contributed by atoms with Crippen LogP contribution in [-0.2, 0) is 10.4 Å². The summed E-state index contributed by atoms with van der Waals surface area (Å²) in [6, 6.07) is 14.8. The molecule has 0 spiro atoms. The number of rotatable bonds is 6. The highest BCUT2D eigenvalue weighted by molar-refractivity contribution is 7.11. The van der Waals surface area contributed by atoms with E-state index >= 15 is 0 Å². The molecular formula is C19H16ClNO2S2. The Morgan fingerprint density at radius 3 is 2.28 bits per heavy atom. The smallest absolute Gasteiger partial charge is 0.244 e. The first-order valence-electron chi connectivity index (χ1n) is 7.60. The van der Waals surface area contributed by atoms with Gasteiger partial charge in [0.1, 0.15) is 5.60 Å². The maximum Gasteiger partial charge on any atom is 0.244 e. The first-order valence-corrected chi connectivity index (χ1v) is 9.74. The highest BCUT2D eigenvalue weighted by atomic mass is 35.5. The Morgan fingerprint density at radius 2 is 1.72 bits per heavy atom. The van der Waals surface area contributed by atoms with Gasteiger partial charge in [-0.25, -0.2) is 0 Å². The lowest BCUT2D eigenvalue weighted by molar-refractivity contribution is -0.117. The van der Waals surface area contributed by atoms with Gasteiger partial charge in [-0.05, 0) is 40.6 Å². The summed E-state index contributed by atoms with van der Waals surface area (Å²) < 4.78 is 0. The van der Waals surface area contributed by atoms with Gasteiger partial charge >= 0.3 is 0 Å². The SMILES string of the molecule is O=C(C=Cc1ccccc1Cl)NCC(O)(c1cccs1)c1cccs1. The molecule has 2 aromatic heterocycles. The third-order valence-corrected chi connectivity index (χ3v) is 6.08. The van der Waals surface area contributed by atoms with E-state index in [1.165, 1.54) is 28.7 Å². The van der Waals surface area contributed by atoms with Crippen molar-refractivity contribution < 1.29 is 9.90 Å². The van der Waals surface area contributed by atoms with E-state index in [9.17, 15) is 9.90 Å². The lowest BCUT2D eigenvalue weighted by Gasteiger charge is -2.26. The van der Waals surface area contributed by atoms with Crippen molar-refractivity contribution in [2.45, 2.75) is 5.60 Å². The van der Waals surface area contributed by atoms with Crippen LogP contribution < -0.4 is 5.32 Å². The third-order valence-electron chi connectivity index (χ3n) is 3.70. The summed E-state index contributed by atoms with van der Waals surface area (Å²) in [6.07, 6.45) is 3.08. The molecule has 25 heavy (non-hydrogen) atoms. The largest absolute Gasteiger partial charge is 0.377 e. The molecule has 0 radical (unpaired) electrons. The Kier molecular flexibility index (Phi) is 5.71. The quantitative estimate of drug-likeness (QED) is 0.608. The van der Waals surface area contributed by atoms with Crippen LogP contribution in [0.5, 0.6) is 0 Å². The van der Waals surface area contributed by atoms with Crippen LogP contribution in [0.3, 0.4) is 0 Å². The molecule has 0 bridgehead atoms. The Bertz CT molecular complexity index is 823. The zero-order chi connectivity index (χ0) is 17.7. The minimum Gasteiger partial charge on any atom is -0.377 e. The van der Waals surface area contributed by atoms with E-state index in [0.717, 1.165) is 15.3 Å². The Hall–Kier alpha value is -1.92. The fraction of sp³-hybridized carbons (Fsp3) is 0.105. The van der Waals surface area contributed by atoms with Gasteiger partial charge in [0, 0.05) is 20.9 Å². The molecule has 0 unspecified atom stereocenters. The zero-order valence-electron chi connectivity index (χ0n) is 13.2. The number of aliphatic hydroxyl groups is 1. The van der Waals surface area contributed by atoms with Gasteiger partial charge in [0.25, 0.3) is 0 Å². The van der Waals surface area contributed by atoms with Crippen molar-refractivity contribution >= 4 is 46.3 Å². The number of carbonyl (C=O) groups is 1. The van der Waals surface area contributed by atoms with Crippen LogP contribution in [0.4, 0.5) is 0 Å². The topological polar surface area (TPSA) is 49.3 Å². The van der Waals surface area contributed by atoms with Crippen LogP contribution in [0.25, 0.3) is 6.08 Å². The summed E-state index contributed by atoms with van der Waals surface area (Å²) in [6.45, 7) is 0.0969. The van der Waals surface area contributed by atoms with E-state index in [0.29, 0.717) is 5.02 Å². The second-order valence-electron chi connectivity index (χ2n) is 5.39. The maximum absolute atomic E-state index is 12.2. The zero-order valence-corrected chi connectivity index (χ0v) is 15.6. The van der Waals surface area contributed by atoms with Gasteiger partial charge in [0.15, 0.2) is 0 Å². The van der Waals surface area contributed by atoms with Gasteiger partial charge in [0.2, 0.25) is 5.91 Å². The second kappa shape index (κ2) is 7.97. The molecule has 3 nitrogen and oxygen atoms in total. The molecule has 6 heteroatoms. The molecule has 0 fully saturated rings.